The van der Waals surface area contributed by atoms with Crippen LogP contribution < -0.4 is 5.32 Å². The quantitative estimate of drug-likeness (QED) is 0.803. The lowest BCUT2D eigenvalue weighted by molar-refractivity contribution is 0.752. The minimum absolute atomic E-state index is 0.561. The number of hydrogen-bond acceptors (Lipinski definition) is 5. The molecule has 7 heteroatoms. The fourth-order valence-corrected chi connectivity index (χ4v) is 2.56. The molecule has 1 aromatic carbocycles. The van der Waals surface area contributed by atoms with E-state index in [4.69, 9.17) is 11.6 Å². The molecule has 1 N–H and O–H groups in total. The van der Waals surface area contributed by atoms with Gasteiger partial charge < -0.3 is 5.32 Å². The molecule has 0 spiro atoms. The number of anilines is 1. The zero-order chi connectivity index (χ0) is 13.1. The summed E-state index contributed by atoms with van der Waals surface area (Å²) in [4.78, 5) is 6.68. The molecule has 3 aromatic rings. The first-order valence-electron chi connectivity index (χ1n) is 5.62. The summed E-state index contributed by atoms with van der Waals surface area (Å²) in [6.45, 7) is 0.695. The standard InChI is InChI=1S/C12H10ClN5S/c13-12-15-8-11(19-12)7-14-9-2-1-3-10(6-9)18-16-4-5-17-18/h1-6,8,14H,7H2. The average Bonchev–Trinajstić information content (AvgIpc) is 3.08. The van der Waals surface area contributed by atoms with Crippen LogP contribution in [-0.4, -0.2) is 20.0 Å². The molecule has 0 amide bonds. The Balaban J connectivity index is 1.73. The van der Waals surface area contributed by atoms with Crippen LogP contribution in [0.2, 0.25) is 4.47 Å². The Morgan fingerprint density at radius 3 is 2.84 bits per heavy atom. The molecule has 0 unspecified atom stereocenters. The van der Waals surface area contributed by atoms with Crippen LogP contribution in [0.5, 0.6) is 0 Å². The SMILES string of the molecule is Clc1ncc(CNc2cccc(-n3nccn3)c2)s1. The summed E-state index contributed by atoms with van der Waals surface area (Å²) in [5.41, 5.74) is 1.91. The summed E-state index contributed by atoms with van der Waals surface area (Å²) in [5, 5.41) is 11.5. The molecule has 0 saturated heterocycles. The molecule has 0 aliphatic heterocycles. The third kappa shape index (κ3) is 2.91. The van der Waals surface area contributed by atoms with Crippen molar-refractivity contribution in [2.75, 3.05) is 5.32 Å². The lowest BCUT2D eigenvalue weighted by Gasteiger charge is -2.06. The van der Waals surface area contributed by atoms with Gasteiger partial charge in [0.25, 0.3) is 0 Å². The van der Waals surface area contributed by atoms with Crippen molar-refractivity contribution in [2.45, 2.75) is 6.54 Å². The van der Waals surface area contributed by atoms with Crippen molar-refractivity contribution < 1.29 is 0 Å². The minimum atomic E-state index is 0.561. The maximum Gasteiger partial charge on any atom is 0.183 e. The summed E-state index contributed by atoms with van der Waals surface area (Å²) in [6.07, 6.45) is 5.08. The highest BCUT2D eigenvalue weighted by molar-refractivity contribution is 7.15. The van der Waals surface area contributed by atoms with Gasteiger partial charge in [-0.05, 0) is 18.2 Å². The number of aromatic nitrogens is 4. The molecule has 0 fully saturated rings. The molecule has 0 saturated carbocycles. The number of nitrogens with one attached hydrogen (secondary N) is 1. The first-order chi connectivity index (χ1) is 9.31. The Morgan fingerprint density at radius 1 is 1.26 bits per heavy atom. The van der Waals surface area contributed by atoms with Crippen LogP contribution in [0.15, 0.2) is 42.9 Å². The molecular formula is C12H10ClN5S. The summed E-state index contributed by atoms with van der Waals surface area (Å²) in [7, 11) is 0. The molecule has 2 aromatic heterocycles. The lowest BCUT2D eigenvalue weighted by atomic mass is 10.3. The van der Waals surface area contributed by atoms with Gasteiger partial charge in [-0.3, -0.25) is 0 Å². The van der Waals surface area contributed by atoms with Gasteiger partial charge in [0.1, 0.15) is 0 Å². The topological polar surface area (TPSA) is 55.6 Å². The van der Waals surface area contributed by atoms with Crippen LogP contribution in [0.1, 0.15) is 4.88 Å². The lowest BCUT2D eigenvalue weighted by Crippen LogP contribution is -2.01. The molecule has 19 heavy (non-hydrogen) atoms. The minimum Gasteiger partial charge on any atom is -0.380 e. The van der Waals surface area contributed by atoms with Gasteiger partial charge in [-0.25, -0.2) is 4.98 Å². The second-order valence-electron chi connectivity index (χ2n) is 3.80. The summed E-state index contributed by atoms with van der Waals surface area (Å²) in [5.74, 6) is 0. The largest absolute Gasteiger partial charge is 0.380 e. The fourth-order valence-electron chi connectivity index (χ4n) is 1.64. The van der Waals surface area contributed by atoms with Gasteiger partial charge in [0.2, 0.25) is 0 Å². The third-order valence-electron chi connectivity index (χ3n) is 2.49. The molecular weight excluding hydrogens is 282 g/mol. The van der Waals surface area contributed by atoms with Gasteiger partial charge in [0.05, 0.1) is 24.6 Å². The number of halogens is 1. The molecule has 0 radical (unpaired) electrons. The van der Waals surface area contributed by atoms with Crippen LogP contribution >= 0.6 is 22.9 Å². The van der Waals surface area contributed by atoms with Crippen LogP contribution in [0.4, 0.5) is 5.69 Å². The van der Waals surface area contributed by atoms with E-state index in [9.17, 15) is 0 Å². The van der Waals surface area contributed by atoms with E-state index in [2.05, 4.69) is 20.5 Å². The number of hydrogen-bond donors (Lipinski definition) is 1. The predicted octanol–water partition coefficient (Wildman–Crippen LogP) is 2.99. The van der Waals surface area contributed by atoms with E-state index in [1.807, 2.05) is 24.3 Å². The fraction of sp³-hybridized carbons (Fsp3) is 0.0833. The Hall–Kier alpha value is -1.92. The monoisotopic (exact) mass is 291 g/mol. The van der Waals surface area contributed by atoms with E-state index in [0.29, 0.717) is 11.0 Å². The number of nitrogens with zero attached hydrogens (tertiary/aromatic N) is 4. The van der Waals surface area contributed by atoms with Crippen LogP contribution in [0, 0.1) is 0 Å². The van der Waals surface area contributed by atoms with Gasteiger partial charge in [-0.1, -0.05) is 17.7 Å². The number of thiazole rings is 1. The second-order valence-corrected chi connectivity index (χ2v) is 5.50. The zero-order valence-electron chi connectivity index (χ0n) is 9.82. The predicted molar refractivity (Wildman–Crippen MR) is 75.8 cm³/mol. The van der Waals surface area contributed by atoms with Crippen molar-refractivity contribution in [3.63, 3.8) is 0 Å². The number of rotatable bonds is 4. The maximum atomic E-state index is 5.79. The van der Waals surface area contributed by atoms with Gasteiger partial charge in [-0.15, -0.1) is 11.3 Å². The second kappa shape index (κ2) is 5.38. The van der Waals surface area contributed by atoms with Crippen LogP contribution in [0.25, 0.3) is 5.69 Å². The number of benzene rings is 1. The highest BCUT2D eigenvalue weighted by atomic mass is 35.5. The van der Waals surface area contributed by atoms with Crippen molar-refractivity contribution in [3.05, 3.63) is 52.2 Å². The Bertz CT molecular complexity index is 664. The average molecular weight is 292 g/mol. The van der Waals surface area contributed by atoms with Crippen LogP contribution in [0.3, 0.4) is 0 Å². The van der Waals surface area contributed by atoms with Crippen molar-refractivity contribution in [1.29, 1.82) is 0 Å². The molecule has 0 bridgehead atoms. The highest BCUT2D eigenvalue weighted by Gasteiger charge is 2.01. The van der Waals surface area contributed by atoms with Crippen LogP contribution in [-0.2, 0) is 6.54 Å². The molecule has 0 aliphatic carbocycles. The van der Waals surface area contributed by atoms with Crippen molar-refractivity contribution >= 4 is 28.6 Å². The molecule has 3 rings (SSSR count). The van der Waals surface area contributed by atoms with E-state index >= 15 is 0 Å². The first-order valence-corrected chi connectivity index (χ1v) is 6.81. The smallest absolute Gasteiger partial charge is 0.183 e. The molecule has 5 nitrogen and oxygen atoms in total. The zero-order valence-corrected chi connectivity index (χ0v) is 11.4. The summed E-state index contributed by atoms with van der Waals surface area (Å²) >= 11 is 7.27. The van der Waals surface area contributed by atoms with Crippen molar-refractivity contribution in [1.82, 2.24) is 20.0 Å². The van der Waals surface area contributed by atoms with Crippen molar-refractivity contribution in [2.24, 2.45) is 0 Å². The van der Waals surface area contributed by atoms with E-state index in [-0.39, 0.29) is 0 Å². The van der Waals surface area contributed by atoms with Gasteiger partial charge in [-0.2, -0.15) is 15.0 Å². The molecule has 96 valence electrons. The van der Waals surface area contributed by atoms with Gasteiger partial charge in [0, 0.05) is 16.8 Å². The Kier molecular flexibility index (Phi) is 3.43. The molecule has 0 aliphatic rings. The van der Waals surface area contributed by atoms with E-state index in [1.54, 1.807) is 23.4 Å². The van der Waals surface area contributed by atoms with E-state index in [0.717, 1.165) is 16.3 Å². The summed E-state index contributed by atoms with van der Waals surface area (Å²) < 4.78 is 0.561. The molecule has 0 atom stereocenters. The molecule has 2 heterocycles. The van der Waals surface area contributed by atoms with E-state index in [1.165, 1.54) is 11.3 Å². The highest BCUT2D eigenvalue weighted by Crippen LogP contribution is 2.19. The first kappa shape index (κ1) is 12.1. The van der Waals surface area contributed by atoms with Gasteiger partial charge >= 0.3 is 0 Å². The Labute approximate surface area is 118 Å². The summed E-state index contributed by atoms with van der Waals surface area (Å²) in [6, 6.07) is 7.90. The van der Waals surface area contributed by atoms with E-state index < -0.39 is 0 Å². The van der Waals surface area contributed by atoms with Gasteiger partial charge in [0.15, 0.2) is 4.47 Å². The maximum absolute atomic E-state index is 5.79. The van der Waals surface area contributed by atoms with Crippen molar-refractivity contribution in [3.8, 4) is 5.69 Å². The Morgan fingerprint density at radius 2 is 2.11 bits per heavy atom. The normalized spacial score (nSPS) is 10.6. The third-order valence-corrected chi connectivity index (χ3v) is 3.60.